The van der Waals surface area contributed by atoms with Crippen molar-refractivity contribution in [2.75, 3.05) is 10.5 Å². The van der Waals surface area contributed by atoms with Gasteiger partial charge in [0.15, 0.2) is 0 Å². The number of hydrogen-bond acceptors (Lipinski definition) is 7. The molecule has 10 heteroatoms. The quantitative estimate of drug-likeness (QED) is 0.354. The number of benzene rings is 2. The number of aliphatic carboxylic acids is 1. The van der Waals surface area contributed by atoms with Crippen LogP contribution in [-0.4, -0.2) is 24.5 Å². The summed E-state index contributed by atoms with van der Waals surface area (Å²) in [7, 11) is -3.80. The molecular weight excluding hydrogens is 418 g/mol. The van der Waals surface area contributed by atoms with Gasteiger partial charge in [0.05, 0.1) is 16.8 Å². The third-order valence-electron chi connectivity index (χ3n) is 4.32. The molecule has 3 rings (SSSR count). The van der Waals surface area contributed by atoms with Crippen molar-refractivity contribution in [2.24, 2.45) is 10.2 Å². The van der Waals surface area contributed by atoms with E-state index in [0.717, 1.165) is 5.56 Å². The summed E-state index contributed by atoms with van der Waals surface area (Å²) in [6.45, 7) is 1.76. The molecule has 0 aliphatic rings. The van der Waals surface area contributed by atoms with Gasteiger partial charge < -0.3 is 10.8 Å². The zero-order valence-electron chi connectivity index (χ0n) is 16.7. The maximum absolute atomic E-state index is 12.5. The minimum absolute atomic E-state index is 0.0390. The predicted molar refractivity (Wildman–Crippen MR) is 117 cm³/mol. The van der Waals surface area contributed by atoms with Crippen LogP contribution in [0.5, 0.6) is 0 Å². The Kier molecular flexibility index (Phi) is 6.61. The minimum Gasteiger partial charge on any atom is -0.481 e. The van der Waals surface area contributed by atoms with Crippen molar-refractivity contribution in [2.45, 2.75) is 24.7 Å². The monoisotopic (exact) mass is 439 g/mol. The highest BCUT2D eigenvalue weighted by Gasteiger charge is 2.15. The number of hydrogen-bond donors (Lipinski definition) is 3. The Morgan fingerprint density at radius 2 is 1.87 bits per heavy atom. The molecular formula is C21H21N5O4S. The molecule has 0 aliphatic heterocycles. The van der Waals surface area contributed by atoms with Gasteiger partial charge in [0.2, 0.25) is 0 Å². The number of carbonyl (C=O) groups is 1. The fourth-order valence-electron chi connectivity index (χ4n) is 2.69. The van der Waals surface area contributed by atoms with Crippen LogP contribution in [0, 0.1) is 6.92 Å². The first kappa shape index (κ1) is 21.9. The van der Waals surface area contributed by atoms with Gasteiger partial charge in [0, 0.05) is 12.1 Å². The lowest BCUT2D eigenvalue weighted by Gasteiger charge is -2.09. The molecule has 0 bridgehead atoms. The number of azo groups is 1. The second-order valence-electron chi connectivity index (χ2n) is 6.79. The van der Waals surface area contributed by atoms with E-state index in [9.17, 15) is 13.2 Å². The van der Waals surface area contributed by atoms with Crippen LogP contribution in [0.25, 0.3) is 0 Å². The average Bonchev–Trinajstić information content (AvgIpc) is 2.72. The summed E-state index contributed by atoms with van der Waals surface area (Å²) in [5, 5.41) is 17.1. The molecule has 0 saturated carbocycles. The summed E-state index contributed by atoms with van der Waals surface area (Å²) >= 11 is 0. The summed E-state index contributed by atoms with van der Waals surface area (Å²) in [6, 6.07) is 14.5. The van der Waals surface area contributed by atoms with Gasteiger partial charge in [-0.1, -0.05) is 12.1 Å². The van der Waals surface area contributed by atoms with Gasteiger partial charge in [0.1, 0.15) is 11.5 Å². The molecule has 0 spiro atoms. The molecule has 0 atom stereocenters. The second kappa shape index (κ2) is 9.35. The van der Waals surface area contributed by atoms with E-state index >= 15 is 0 Å². The summed E-state index contributed by atoms with van der Waals surface area (Å²) in [4.78, 5) is 14.9. The lowest BCUT2D eigenvalue weighted by molar-refractivity contribution is -0.136. The Balaban J connectivity index is 1.73. The third-order valence-corrected chi connectivity index (χ3v) is 5.69. The van der Waals surface area contributed by atoms with E-state index in [2.05, 4.69) is 19.9 Å². The van der Waals surface area contributed by atoms with Gasteiger partial charge in [-0.25, -0.2) is 13.4 Å². The lowest BCUT2D eigenvalue weighted by atomic mass is 10.1. The molecule has 1 aromatic heterocycles. The van der Waals surface area contributed by atoms with Crippen molar-refractivity contribution in [3.05, 3.63) is 71.9 Å². The van der Waals surface area contributed by atoms with Crippen LogP contribution in [0.2, 0.25) is 0 Å². The van der Waals surface area contributed by atoms with Crippen molar-refractivity contribution in [1.29, 1.82) is 0 Å². The summed E-state index contributed by atoms with van der Waals surface area (Å²) in [5.74, 6) is -0.704. The maximum Gasteiger partial charge on any atom is 0.303 e. The van der Waals surface area contributed by atoms with E-state index in [1.54, 1.807) is 31.2 Å². The number of carboxylic acid groups (broad SMARTS) is 1. The summed E-state index contributed by atoms with van der Waals surface area (Å²) in [6.07, 6.45) is 1.87. The average molecular weight is 439 g/mol. The van der Waals surface area contributed by atoms with Gasteiger partial charge in [-0.05, 0) is 66.9 Å². The number of sulfonamides is 1. The second-order valence-corrected chi connectivity index (χ2v) is 8.48. The van der Waals surface area contributed by atoms with Gasteiger partial charge in [-0.3, -0.25) is 9.52 Å². The van der Waals surface area contributed by atoms with E-state index in [0.29, 0.717) is 29.0 Å². The highest BCUT2D eigenvalue weighted by Crippen LogP contribution is 2.25. The third kappa shape index (κ3) is 6.09. The topological polar surface area (TPSA) is 147 Å². The molecule has 3 aromatic rings. The number of carboxylic acids is 1. The van der Waals surface area contributed by atoms with E-state index in [4.69, 9.17) is 10.8 Å². The summed E-state index contributed by atoms with van der Waals surface area (Å²) < 4.78 is 27.4. The number of rotatable bonds is 8. The summed E-state index contributed by atoms with van der Waals surface area (Å²) in [5.41, 5.74) is 8.64. The zero-order valence-corrected chi connectivity index (χ0v) is 17.5. The Labute approximate surface area is 179 Å². The van der Waals surface area contributed by atoms with Crippen molar-refractivity contribution >= 4 is 38.9 Å². The lowest BCUT2D eigenvalue weighted by Crippen LogP contribution is -2.14. The maximum atomic E-state index is 12.5. The first-order chi connectivity index (χ1) is 14.7. The first-order valence-corrected chi connectivity index (χ1v) is 10.8. The standard InChI is InChI=1S/C21H21N5O4S/c1-14-11-20(26-31(29,30)18-8-6-16(22)7-9-18)23-13-19(14)25-24-17-4-2-3-15(12-17)5-10-21(27)28/h2-4,6-9,11-13H,5,10,22H2,1H3,(H,23,26)(H,27,28). The Morgan fingerprint density at radius 3 is 2.55 bits per heavy atom. The van der Waals surface area contributed by atoms with Crippen LogP contribution in [-0.2, 0) is 21.2 Å². The van der Waals surface area contributed by atoms with Crippen molar-refractivity contribution in [3.8, 4) is 0 Å². The van der Waals surface area contributed by atoms with E-state index in [-0.39, 0.29) is 17.1 Å². The molecule has 4 N–H and O–H groups in total. The fourth-order valence-corrected chi connectivity index (χ4v) is 3.69. The van der Waals surface area contributed by atoms with Crippen LogP contribution < -0.4 is 10.5 Å². The molecule has 160 valence electrons. The highest BCUT2D eigenvalue weighted by atomic mass is 32.2. The van der Waals surface area contributed by atoms with Gasteiger partial charge in [-0.15, -0.1) is 5.11 Å². The number of nitrogens with one attached hydrogen (secondary N) is 1. The molecule has 1 heterocycles. The molecule has 2 aromatic carbocycles. The molecule has 0 unspecified atom stereocenters. The Hall–Kier alpha value is -3.79. The number of aromatic nitrogens is 1. The highest BCUT2D eigenvalue weighted by molar-refractivity contribution is 7.92. The number of anilines is 2. The van der Waals surface area contributed by atoms with Crippen LogP contribution in [0.15, 0.2) is 75.9 Å². The van der Waals surface area contributed by atoms with E-state index in [1.165, 1.54) is 30.5 Å². The van der Waals surface area contributed by atoms with Crippen molar-refractivity contribution < 1.29 is 18.3 Å². The van der Waals surface area contributed by atoms with Crippen molar-refractivity contribution in [3.63, 3.8) is 0 Å². The van der Waals surface area contributed by atoms with Gasteiger partial charge >= 0.3 is 5.97 Å². The normalized spacial score (nSPS) is 11.5. The smallest absolute Gasteiger partial charge is 0.303 e. The first-order valence-electron chi connectivity index (χ1n) is 9.30. The van der Waals surface area contributed by atoms with E-state index in [1.807, 2.05) is 6.07 Å². The molecule has 0 fully saturated rings. The molecule has 0 amide bonds. The number of aryl methyl sites for hydroxylation is 2. The van der Waals surface area contributed by atoms with Crippen LogP contribution >= 0.6 is 0 Å². The zero-order chi connectivity index (χ0) is 22.4. The Morgan fingerprint density at radius 1 is 1.13 bits per heavy atom. The predicted octanol–water partition coefficient (Wildman–Crippen LogP) is 4.21. The number of nitrogens with two attached hydrogens (primary N) is 1. The van der Waals surface area contributed by atoms with Crippen molar-refractivity contribution in [1.82, 2.24) is 4.98 Å². The molecule has 0 saturated heterocycles. The van der Waals surface area contributed by atoms with Crippen LogP contribution in [0.3, 0.4) is 0 Å². The van der Waals surface area contributed by atoms with Gasteiger partial charge in [-0.2, -0.15) is 5.11 Å². The van der Waals surface area contributed by atoms with E-state index < -0.39 is 16.0 Å². The largest absolute Gasteiger partial charge is 0.481 e. The Bertz CT molecular complexity index is 1220. The molecule has 0 aliphatic carbocycles. The number of nitrogens with zero attached hydrogens (tertiary/aromatic N) is 3. The minimum atomic E-state index is -3.80. The molecule has 31 heavy (non-hydrogen) atoms. The van der Waals surface area contributed by atoms with Crippen LogP contribution in [0.1, 0.15) is 17.5 Å². The fraction of sp³-hybridized carbons (Fsp3) is 0.143. The SMILES string of the molecule is Cc1cc(NS(=O)(=O)c2ccc(N)cc2)ncc1N=Nc1cccc(CCC(=O)O)c1. The van der Waals surface area contributed by atoms with Gasteiger partial charge in [0.25, 0.3) is 10.0 Å². The van der Waals surface area contributed by atoms with Crippen LogP contribution in [0.4, 0.5) is 22.9 Å². The number of pyridine rings is 1. The number of nitrogen functional groups attached to an aromatic ring is 1. The molecule has 0 radical (unpaired) electrons. The molecule has 9 nitrogen and oxygen atoms in total.